The van der Waals surface area contributed by atoms with E-state index in [4.69, 9.17) is 8.92 Å². The van der Waals surface area contributed by atoms with E-state index in [1.165, 1.54) is 0 Å². The lowest BCUT2D eigenvalue weighted by Gasteiger charge is -2.22. The van der Waals surface area contributed by atoms with E-state index in [0.29, 0.717) is 19.6 Å². The van der Waals surface area contributed by atoms with E-state index in [0.717, 1.165) is 0 Å². The molecule has 1 rings (SSSR count). The van der Waals surface area contributed by atoms with Gasteiger partial charge in [0.05, 0.1) is 19.8 Å². The largest absolute Gasteiger partial charge is 0.401 e. The van der Waals surface area contributed by atoms with Crippen LogP contribution < -0.4 is 5.32 Å². The SMILES string of the molecule is CCCOS(=O)(=O)OC1COCCN1. The Hall–Kier alpha value is -0.210. The van der Waals surface area contributed by atoms with Crippen molar-refractivity contribution in [1.82, 2.24) is 5.32 Å². The second-order valence-electron chi connectivity index (χ2n) is 2.84. The van der Waals surface area contributed by atoms with Crippen LogP contribution in [0.25, 0.3) is 0 Å². The van der Waals surface area contributed by atoms with E-state index in [-0.39, 0.29) is 13.2 Å². The smallest absolute Gasteiger partial charge is 0.376 e. The zero-order valence-electron chi connectivity index (χ0n) is 8.06. The molecular formula is C7H15NO5S. The first-order chi connectivity index (χ1) is 6.64. The van der Waals surface area contributed by atoms with E-state index in [1.54, 1.807) is 0 Å². The number of nitrogens with one attached hydrogen (secondary N) is 1. The monoisotopic (exact) mass is 225 g/mol. The molecule has 0 aliphatic carbocycles. The lowest BCUT2D eigenvalue weighted by atomic mass is 10.5. The third kappa shape index (κ3) is 4.34. The molecule has 1 N–H and O–H groups in total. The Morgan fingerprint density at radius 2 is 2.36 bits per heavy atom. The molecule has 1 atom stereocenters. The molecule has 6 nitrogen and oxygen atoms in total. The molecule has 14 heavy (non-hydrogen) atoms. The summed E-state index contributed by atoms with van der Waals surface area (Å²) < 4.78 is 36.5. The minimum Gasteiger partial charge on any atom is -0.376 e. The minimum absolute atomic E-state index is 0.135. The third-order valence-corrected chi connectivity index (χ3v) is 2.48. The van der Waals surface area contributed by atoms with Crippen LogP contribution in [-0.4, -0.2) is 41.0 Å². The Morgan fingerprint density at radius 3 is 2.93 bits per heavy atom. The third-order valence-electron chi connectivity index (χ3n) is 1.55. The van der Waals surface area contributed by atoms with E-state index < -0.39 is 16.6 Å². The van der Waals surface area contributed by atoms with Crippen LogP contribution in [0.15, 0.2) is 0 Å². The number of hydrogen-bond acceptors (Lipinski definition) is 6. The fourth-order valence-electron chi connectivity index (χ4n) is 0.959. The molecule has 1 aliphatic heterocycles. The van der Waals surface area contributed by atoms with Gasteiger partial charge in [-0.2, -0.15) is 8.42 Å². The van der Waals surface area contributed by atoms with E-state index >= 15 is 0 Å². The van der Waals surface area contributed by atoms with Gasteiger partial charge in [0.25, 0.3) is 0 Å². The van der Waals surface area contributed by atoms with Crippen molar-refractivity contribution < 1.29 is 21.5 Å². The van der Waals surface area contributed by atoms with E-state index in [9.17, 15) is 8.42 Å². The lowest BCUT2D eigenvalue weighted by Crippen LogP contribution is -2.44. The zero-order chi connectivity index (χ0) is 10.4. The highest BCUT2D eigenvalue weighted by molar-refractivity contribution is 7.81. The molecule has 0 saturated carbocycles. The predicted molar refractivity (Wildman–Crippen MR) is 48.9 cm³/mol. The molecule has 1 saturated heterocycles. The fourth-order valence-corrected chi connectivity index (χ4v) is 1.79. The van der Waals surface area contributed by atoms with Crippen LogP contribution in [0.4, 0.5) is 0 Å². The maximum Gasteiger partial charge on any atom is 0.401 e. The highest BCUT2D eigenvalue weighted by Crippen LogP contribution is 2.03. The molecule has 0 aromatic heterocycles. The first kappa shape index (κ1) is 11.9. The highest BCUT2D eigenvalue weighted by Gasteiger charge is 2.22. The average molecular weight is 225 g/mol. The topological polar surface area (TPSA) is 73.9 Å². The summed E-state index contributed by atoms with van der Waals surface area (Å²) in [5, 5.41) is 2.85. The molecule has 1 heterocycles. The minimum atomic E-state index is -3.89. The number of ether oxygens (including phenoxy) is 1. The standard InChI is InChI=1S/C7H15NO5S/c1-2-4-12-14(9,10)13-7-6-11-5-3-8-7/h7-8H,2-6H2,1H3. The van der Waals surface area contributed by atoms with Crippen LogP contribution in [0.5, 0.6) is 0 Å². The molecule has 1 fully saturated rings. The van der Waals surface area contributed by atoms with Gasteiger partial charge in [-0.25, -0.2) is 8.37 Å². The van der Waals surface area contributed by atoms with Crippen LogP contribution in [0, 0.1) is 0 Å². The van der Waals surface area contributed by atoms with Crippen LogP contribution in [0.2, 0.25) is 0 Å². The molecule has 0 amide bonds. The first-order valence-electron chi connectivity index (χ1n) is 4.53. The number of rotatable bonds is 5. The zero-order valence-corrected chi connectivity index (χ0v) is 8.88. The van der Waals surface area contributed by atoms with Gasteiger partial charge in [-0.3, -0.25) is 5.32 Å². The predicted octanol–water partition coefficient (Wildman–Crippen LogP) is -0.380. The van der Waals surface area contributed by atoms with Crippen LogP contribution in [0.3, 0.4) is 0 Å². The van der Waals surface area contributed by atoms with Gasteiger partial charge in [0.1, 0.15) is 0 Å². The van der Waals surface area contributed by atoms with Crippen molar-refractivity contribution in [3.8, 4) is 0 Å². The Balaban J connectivity index is 2.33. The normalized spacial score (nSPS) is 23.6. The summed E-state index contributed by atoms with van der Waals surface area (Å²) in [5.41, 5.74) is 0. The van der Waals surface area contributed by atoms with Gasteiger partial charge >= 0.3 is 10.4 Å². The van der Waals surface area contributed by atoms with Gasteiger partial charge < -0.3 is 4.74 Å². The van der Waals surface area contributed by atoms with Crippen LogP contribution in [-0.2, 0) is 23.5 Å². The second kappa shape index (κ2) is 5.62. The van der Waals surface area contributed by atoms with Gasteiger partial charge in [0, 0.05) is 6.54 Å². The molecule has 1 aliphatic rings. The molecule has 84 valence electrons. The molecule has 0 bridgehead atoms. The van der Waals surface area contributed by atoms with Crippen molar-refractivity contribution in [2.24, 2.45) is 0 Å². The Morgan fingerprint density at radius 1 is 1.57 bits per heavy atom. The maximum absolute atomic E-state index is 11.1. The van der Waals surface area contributed by atoms with Crippen molar-refractivity contribution in [1.29, 1.82) is 0 Å². The van der Waals surface area contributed by atoms with Gasteiger partial charge in [0.15, 0.2) is 6.23 Å². The van der Waals surface area contributed by atoms with E-state index in [2.05, 4.69) is 9.50 Å². The van der Waals surface area contributed by atoms with Crippen LogP contribution >= 0.6 is 0 Å². The van der Waals surface area contributed by atoms with Crippen molar-refractivity contribution in [2.45, 2.75) is 19.6 Å². The van der Waals surface area contributed by atoms with Crippen molar-refractivity contribution in [3.05, 3.63) is 0 Å². The van der Waals surface area contributed by atoms with Crippen molar-refractivity contribution in [3.63, 3.8) is 0 Å². The highest BCUT2D eigenvalue weighted by atomic mass is 32.3. The summed E-state index contributed by atoms with van der Waals surface area (Å²) >= 11 is 0. The fraction of sp³-hybridized carbons (Fsp3) is 1.00. The van der Waals surface area contributed by atoms with Crippen LogP contribution in [0.1, 0.15) is 13.3 Å². The maximum atomic E-state index is 11.1. The Labute approximate surface area is 83.9 Å². The quantitative estimate of drug-likeness (QED) is 0.687. The summed E-state index contributed by atoms with van der Waals surface area (Å²) in [7, 11) is -3.89. The molecule has 0 radical (unpaired) electrons. The molecular weight excluding hydrogens is 210 g/mol. The summed E-state index contributed by atoms with van der Waals surface area (Å²) in [6.45, 7) is 3.31. The summed E-state index contributed by atoms with van der Waals surface area (Å²) in [4.78, 5) is 0. The molecule has 1 unspecified atom stereocenters. The first-order valence-corrected chi connectivity index (χ1v) is 5.86. The second-order valence-corrected chi connectivity index (χ2v) is 4.09. The molecule has 0 spiro atoms. The number of morpholine rings is 1. The summed E-state index contributed by atoms with van der Waals surface area (Å²) in [6.07, 6.45) is -0.0115. The van der Waals surface area contributed by atoms with Crippen molar-refractivity contribution in [2.75, 3.05) is 26.4 Å². The van der Waals surface area contributed by atoms with E-state index in [1.807, 2.05) is 6.92 Å². The van der Waals surface area contributed by atoms with Gasteiger partial charge in [-0.15, -0.1) is 0 Å². The van der Waals surface area contributed by atoms with Crippen molar-refractivity contribution >= 4 is 10.4 Å². The van der Waals surface area contributed by atoms with Gasteiger partial charge in [0.2, 0.25) is 0 Å². The Kier molecular flexibility index (Phi) is 4.76. The molecule has 0 aromatic carbocycles. The summed E-state index contributed by atoms with van der Waals surface area (Å²) in [6, 6.07) is 0. The van der Waals surface area contributed by atoms with Gasteiger partial charge in [-0.05, 0) is 6.42 Å². The summed E-state index contributed by atoms with van der Waals surface area (Å²) in [5.74, 6) is 0. The molecule has 0 aromatic rings. The number of hydrogen-bond donors (Lipinski definition) is 1. The van der Waals surface area contributed by atoms with Gasteiger partial charge in [-0.1, -0.05) is 6.92 Å². The molecule has 7 heteroatoms. The average Bonchev–Trinajstić information content (AvgIpc) is 2.16. The Bertz CT molecular complexity index is 247. The lowest BCUT2D eigenvalue weighted by molar-refractivity contribution is -0.00698.